The first-order valence-electron chi connectivity index (χ1n) is 14.1. The van der Waals surface area contributed by atoms with E-state index in [1.807, 2.05) is 4.90 Å². The number of alkyl halides is 3. The number of carbonyl (C=O) groups excluding carboxylic acids is 1. The van der Waals surface area contributed by atoms with Crippen LogP contribution in [0.4, 0.5) is 24.1 Å². The molecule has 14 heteroatoms. The summed E-state index contributed by atoms with van der Waals surface area (Å²) in [7, 11) is 2.91. The summed E-state index contributed by atoms with van der Waals surface area (Å²) in [6.45, 7) is 4.67. The number of likely N-dealkylation sites (tertiary alicyclic amines) is 1. The van der Waals surface area contributed by atoms with E-state index >= 15 is 0 Å². The molecular formula is C29H35F3N6O4S. The number of thiazole rings is 1. The second kappa shape index (κ2) is 12.7. The van der Waals surface area contributed by atoms with Gasteiger partial charge in [-0.1, -0.05) is 11.3 Å². The number of amides is 1. The fourth-order valence-electron chi connectivity index (χ4n) is 5.50. The Morgan fingerprint density at radius 2 is 1.93 bits per heavy atom. The van der Waals surface area contributed by atoms with E-state index in [1.165, 1.54) is 36.9 Å². The van der Waals surface area contributed by atoms with E-state index in [0.717, 1.165) is 36.4 Å². The monoisotopic (exact) mass is 620 g/mol. The molecule has 1 amide bonds. The minimum absolute atomic E-state index is 0.0549. The molecule has 3 aromatic rings. The Balaban J connectivity index is 1.37. The molecule has 1 atom stereocenters. The van der Waals surface area contributed by atoms with Gasteiger partial charge in [-0.15, -0.1) is 0 Å². The molecule has 232 valence electrons. The summed E-state index contributed by atoms with van der Waals surface area (Å²) < 4.78 is 51.7. The molecule has 4 heterocycles. The lowest BCUT2D eigenvalue weighted by atomic mass is 9.92. The Labute approximate surface area is 251 Å². The molecule has 0 radical (unpaired) electrons. The standard InChI is InChI=1S/C29H35F3N6O4S/c1-18-5-4-8-38(18)16-23-25(19-11-20(29(30,31)32)13-21(12-19)41-2)35-27(43-23)36-26(40)22-14-34-24(15-33-22)37-9-6-28(17-39,42-3)7-10-37/h11-15,18,39H,4-10,16-17H2,1-3H3,(H,35,36,40). The number of aliphatic hydroxyl groups is 1. The molecule has 10 nitrogen and oxygen atoms in total. The fourth-order valence-corrected chi connectivity index (χ4v) is 6.50. The van der Waals surface area contributed by atoms with Gasteiger partial charge in [0.25, 0.3) is 5.91 Å². The van der Waals surface area contributed by atoms with Gasteiger partial charge in [0.05, 0.1) is 43.0 Å². The molecule has 0 saturated carbocycles. The van der Waals surface area contributed by atoms with E-state index in [1.54, 1.807) is 7.11 Å². The molecule has 0 spiro atoms. The molecule has 43 heavy (non-hydrogen) atoms. The summed E-state index contributed by atoms with van der Waals surface area (Å²) in [5.41, 5.74) is -0.690. The highest BCUT2D eigenvalue weighted by molar-refractivity contribution is 7.16. The molecule has 2 fully saturated rings. The number of methoxy groups -OCH3 is 2. The Bertz CT molecular complexity index is 1420. The number of aliphatic hydroxyl groups excluding tert-OH is 1. The third-order valence-electron chi connectivity index (χ3n) is 8.29. The van der Waals surface area contributed by atoms with Gasteiger partial charge in [-0.25, -0.2) is 15.0 Å². The molecule has 5 rings (SSSR count). The quantitative estimate of drug-likeness (QED) is 0.347. The van der Waals surface area contributed by atoms with Crippen molar-refractivity contribution in [3.8, 4) is 17.0 Å². The molecule has 2 N–H and O–H groups in total. The highest BCUT2D eigenvalue weighted by Gasteiger charge is 2.35. The fraction of sp³-hybridized carbons (Fsp3) is 0.517. The average molecular weight is 621 g/mol. The maximum Gasteiger partial charge on any atom is 0.416 e. The van der Waals surface area contributed by atoms with Crippen molar-refractivity contribution in [1.29, 1.82) is 0 Å². The number of halogens is 3. The van der Waals surface area contributed by atoms with Gasteiger partial charge >= 0.3 is 6.18 Å². The van der Waals surface area contributed by atoms with Gasteiger partial charge in [-0.05, 0) is 57.4 Å². The van der Waals surface area contributed by atoms with Crippen LogP contribution in [0.2, 0.25) is 0 Å². The van der Waals surface area contributed by atoms with Crippen LogP contribution in [0.15, 0.2) is 30.6 Å². The number of aromatic nitrogens is 3. The maximum atomic E-state index is 13.7. The smallest absolute Gasteiger partial charge is 0.416 e. The lowest BCUT2D eigenvalue weighted by Gasteiger charge is -2.39. The summed E-state index contributed by atoms with van der Waals surface area (Å²) in [6, 6.07) is 3.86. The molecule has 2 aliphatic heterocycles. The first kappa shape index (κ1) is 31.1. The summed E-state index contributed by atoms with van der Waals surface area (Å²) >= 11 is 1.23. The van der Waals surface area contributed by atoms with Crippen LogP contribution in [0.25, 0.3) is 11.3 Å². The van der Waals surface area contributed by atoms with Gasteiger partial charge in [0.2, 0.25) is 0 Å². The number of benzene rings is 1. The van der Waals surface area contributed by atoms with Crippen LogP contribution in [-0.4, -0.2) is 83.0 Å². The van der Waals surface area contributed by atoms with E-state index in [9.17, 15) is 23.1 Å². The van der Waals surface area contributed by atoms with E-state index < -0.39 is 23.2 Å². The predicted octanol–water partition coefficient (Wildman–Crippen LogP) is 4.84. The Kier molecular flexibility index (Phi) is 9.20. The van der Waals surface area contributed by atoms with Gasteiger partial charge in [-0.3, -0.25) is 15.0 Å². The zero-order chi connectivity index (χ0) is 30.8. The van der Waals surface area contributed by atoms with Gasteiger partial charge in [0.15, 0.2) is 5.13 Å². The first-order chi connectivity index (χ1) is 20.5. The average Bonchev–Trinajstić information content (AvgIpc) is 3.61. The lowest BCUT2D eigenvalue weighted by molar-refractivity contribution is -0.137. The highest BCUT2D eigenvalue weighted by Crippen LogP contribution is 2.39. The Morgan fingerprint density at radius 3 is 2.51 bits per heavy atom. The third kappa shape index (κ3) is 6.92. The topological polar surface area (TPSA) is 113 Å². The maximum absolute atomic E-state index is 13.7. The van der Waals surface area contributed by atoms with Crippen molar-refractivity contribution in [2.75, 3.05) is 50.7 Å². The molecule has 1 unspecified atom stereocenters. The van der Waals surface area contributed by atoms with Crippen molar-refractivity contribution in [1.82, 2.24) is 19.9 Å². The van der Waals surface area contributed by atoms with Crippen molar-refractivity contribution >= 4 is 28.2 Å². The van der Waals surface area contributed by atoms with E-state index in [0.29, 0.717) is 50.0 Å². The number of carbonyl (C=O) groups is 1. The number of hydrogen-bond acceptors (Lipinski definition) is 10. The van der Waals surface area contributed by atoms with Crippen LogP contribution in [-0.2, 0) is 17.5 Å². The molecule has 2 aliphatic rings. The molecule has 1 aromatic carbocycles. The van der Waals surface area contributed by atoms with Crippen molar-refractivity contribution in [3.05, 3.63) is 46.7 Å². The Hall–Kier alpha value is -3.33. The number of hydrogen-bond donors (Lipinski definition) is 2. The number of rotatable bonds is 9. The van der Waals surface area contributed by atoms with Crippen LogP contribution in [0, 0.1) is 0 Å². The lowest BCUT2D eigenvalue weighted by Crippen LogP contribution is -2.48. The van der Waals surface area contributed by atoms with E-state index in [4.69, 9.17) is 9.47 Å². The third-order valence-corrected chi connectivity index (χ3v) is 9.24. The zero-order valence-electron chi connectivity index (χ0n) is 24.3. The van der Waals surface area contributed by atoms with Gasteiger partial charge < -0.3 is 19.5 Å². The van der Waals surface area contributed by atoms with Crippen molar-refractivity contribution in [3.63, 3.8) is 0 Å². The van der Waals surface area contributed by atoms with Gasteiger partial charge in [0.1, 0.15) is 17.3 Å². The van der Waals surface area contributed by atoms with Crippen LogP contribution in [0.1, 0.15) is 53.5 Å². The number of nitrogens with one attached hydrogen (secondary N) is 1. The normalized spacial score (nSPS) is 19.0. The SMILES string of the molecule is COc1cc(-c2nc(NC(=O)c3cnc(N4CCC(CO)(OC)CC4)cn3)sc2CN2CCCC2C)cc(C(F)(F)F)c1. The number of piperidine rings is 1. The number of ether oxygens (including phenoxy) is 2. The highest BCUT2D eigenvalue weighted by atomic mass is 32.1. The van der Waals surface area contributed by atoms with Crippen molar-refractivity contribution in [2.24, 2.45) is 0 Å². The summed E-state index contributed by atoms with van der Waals surface area (Å²) in [5.74, 6) is 0.146. The summed E-state index contributed by atoms with van der Waals surface area (Å²) in [4.78, 5) is 31.4. The minimum atomic E-state index is -4.56. The summed E-state index contributed by atoms with van der Waals surface area (Å²) in [5, 5.41) is 12.7. The molecule has 0 bridgehead atoms. The minimum Gasteiger partial charge on any atom is -0.497 e. The summed E-state index contributed by atoms with van der Waals surface area (Å²) in [6.07, 6.45) is 1.68. The van der Waals surface area contributed by atoms with E-state index in [-0.39, 0.29) is 28.7 Å². The van der Waals surface area contributed by atoms with Crippen molar-refractivity contribution < 1.29 is 32.5 Å². The van der Waals surface area contributed by atoms with Crippen LogP contribution < -0.4 is 15.0 Å². The largest absolute Gasteiger partial charge is 0.497 e. The second-order valence-corrected chi connectivity index (χ2v) is 12.0. The van der Waals surface area contributed by atoms with Crippen LogP contribution >= 0.6 is 11.3 Å². The molecule has 0 aliphatic carbocycles. The van der Waals surface area contributed by atoms with Crippen LogP contribution in [0.3, 0.4) is 0 Å². The zero-order valence-corrected chi connectivity index (χ0v) is 25.1. The second-order valence-electron chi connectivity index (χ2n) is 10.9. The van der Waals surface area contributed by atoms with Gasteiger partial charge in [-0.2, -0.15) is 13.2 Å². The predicted molar refractivity (Wildman–Crippen MR) is 156 cm³/mol. The van der Waals surface area contributed by atoms with E-state index in [2.05, 4.69) is 32.1 Å². The molecular weight excluding hydrogens is 585 g/mol. The van der Waals surface area contributed by atoms with Crippen molar-refractivity contribution in [2.45, 2.75) is 57.0 Å². The Morgan fingerprint density at radius 1 is 1.16 bits per heavy atom. The van der Waals surface area contributed by atoms with Crippen LogP contribution in [0.5, 0.6) is 5.75 Å². The first-order valence-corrected chi connectivity index (χ1v) is 14.9. The number of anilines is 2. The number of nitrogens with zero attached hydrogens (tertiary/aromatic N) is 5. The van der Waals surface area contributed by atoms with Gasteiger partial charge in [0, 0.05) is 43.2 Å². The molecule has 2 saturated heterocycles. The molecule has 2 aromatic heterocycles.